The number of hydrogen-bond acceptors (Lipinski definition) is 2. The summed E-state index contributed by atoms with van der Waals surface area (Å²) in [4.78, 5) is 29.0. The van der Waals surface area contributed by atoms with Crippen LogP contribution in [0.4, 0.5) is 0 Å². The summed E-state index contributed by atoms with van der Waals surface area (Å²) < 4.78 is 1.99. The molecule has 5 nitrogen and oxygen atoms in total. The van der Waals surface area contributed by atoms with Gasteiger partial charge in [0.1, 0.15) is 0 Å². The van der Waals surface area contributed by atoms with E-state index in [1.165, 1.54) is 0 Å². The van der Waals surface area contributed by atoms with Gasteiger partial charge in [0.25, 0.3) is 5.91 Å². The Hall–Kier alpha value is -2.30. The third-order valence-corrected chi connectivity index (χ3v) is 5.38. The lowest BCUT2D eigenvalue weighted by Gasteiger charge is -2.30. The van der Waals surface area contributed by atoms with E-state index in [0.29, 0.717) is 19.0 Å². The van der Waals surface area contributed by atoms with Gasteiger partial charge in [0.15, 0.2) is 0 Å². The maximum Gasteiger partial charge on any atom is 0.256 e. The average molecular weight is 311 g/mol. The van der Waals surface area contributed by atoms with Crippen molar-refractivity contribution in [1.82, 2.24) is 14.4 Å². The van der Waals surface area contributed by atoms with E-state index in [0.717, 1.165) is 29.4 Å². The molecule has 120 valence electrons. The number of fused-ring (bicyclic) bond motifs is 2. The fourth-order valence-electron chi connectivity index (χ4n) is 4.04. The Morgan fingerprint density at radius 1 is 1.17 bits per heavy atom. The van der Waals surface area contributed by atoms with E-state index in [1.54, 1.807) is 4.90 Å². The van der Waals surface area contributed by atoms with Crippen LogP contribution in [-0.4, -0.2) is 52.9 Å². The average Bonchev–Trinajstić information content (AvgIpc) is 3.13. The summed E-state index contributed by atoms with van der Waals surface area (Å²) in [6.07, 6.45) is 2.90. The van der Waals surface area contributed by atoms with Crippen LogP contribution in [-0.2, 0) is 11.8 Å². The molecule has 0 spiro atoms. The third kappa shape index (κ3) is 2.14. The topological polar surface area (TPSA) is 45.5 Å². The molecule has 2 aliphatic heterocycles. The van der Waals surface area contributed by atoms with Crippen LogP contribution >= 0.6 is 0 Å². The number of benzene rings is 1. The van der Waals surface area contributed by atoms with Crippen molar-refractivity contribution in [2.75, 3.05) is 26.7 Å². The molecule has 5 heteroatoms. The van der Waals surface area contributed by atoms with E-state index >= 15 is 0 Å². The molecule has 1 aromatic heterocycles. The summed E-state index contributed by atoms with van der Waals surface area (Å²) in [6.45, 7) is 2.05. The van der Waals surface area contributed by atoms with Crippen LogP contribution < -0.4 is 0 Å². The lowest BCUT2D eigenvalue weighted by molar-refractivity contribution is -0.137. The van der Waals surface area contributed by atoms with Crippen LogP contribution in [0.2, 0.25) is 0 Å². The number of hydrogen-bond donors (Lipinski definition) is 0. The summed E-state index contributed by atoms with van der Waals surface area (Å²) in [7, 11) is 3.81. The number of para-hydroxylation sites is 1. The smallest absolute Gasteiger partial charge is 0.256 e. The van der Waals surface area contributed by atoms with Crippen molar-refractivity contribution >= 4 is 22.7 Å². The van der Waals surface area contributed by atoms with Gasteiger partial charge in [0, 0.05) is 50.8 Å². The highest BCUT2D eigenvalue weighted by Gasteiger charge is 2.43. The quantitative estimate of drug-likeness (QED) is 0.805. The van der Waals surface area contributed by atoms with Crippen molar-refractivity contribution < 1.29 is 9.59 Å². The number of aryl methyl sites for hydroxylation is 1. The monoisotopic (exact) mass is 311 g/mol. The largest absolute Gasteiger partial charge is 0.350 e. The number of piperidine rings is 1. The van der Waals surface area contributed by atoms with Gasteiger partial charge in [-0.1, -0.05) is 18.2 Å². The summed E-state index contributed by atoms with van der Waals surface area (Å²) in [5.74, 6) is 0.534. The molecule has 2 atom stereocenters. The summed E-state index contributed by atoms with van der Waals surface area (Å²) in [6, 6.07) is 7.95. The van der Waals surface area contributed by atoms with Crippen molar-refractivity contribution in [3.63, 3.8) is 0 Å². The molecular weight excluding hydrogens is 290 g/mol. The molecule has 23 heavy (non-hydrogen) atoms. The van der Waals surface area contributed by atoms with E-state index < -0.39 is 0 Å². The lowest BCUT2D eigenvalue weighted by atomic mass is 9.88. The van der Waals surface area contributed by atoms with E-state index in [4.69, 9.17) is 0 Å². The fourth-order valence-corrected chi connectivity index (χ4v) is 4.04. The molecule has 2 fully saturated rings. The summed E-state index contributed by atoms with van der Waals surface area (Å²) in [5.41, 5.74) is 1.80. The second-order valence-corrected chi connectivity index (χ2v) is 6.80. The maximum absolute atomic E-state index is 13.0. The van der Waals surface area contributed by atoms with E-state index in [2.05, 4.69) is 0 Å². The zero-order valence-corrected chi connectivity index (χ0v) is 13.5. The van der Waals surface area contributed by atoms with Gasteiger partial charge in [-0.05, 0) is 18.4 Å². The van der Waals surface area contributed by atoms with Crippen molar-refractivity contribution in [3.8, 4) is 0 Å². The molecule has 2 aromatic rings. The van der Waals surface area contributed by atoms with Gasteiger partial charge in [0.2, 0.25) is 5.91 Å². The van der Waals surface area contributed by atoms with Crippen LogP contribution in [0.15, 0.2) is 30.5 Å². The first-order valence-corrected chi connectivity index (χ1v) is 8.14. The number of carbonyl (C=O) groups is 2. The minimum atomic E-state index is -0.0207. The lowest BCUT2D eigenvalue weighted by Crippen LogP contribution is -2.42. The number of nitrogens with zero attached hydrogens (tertiary/aromatic N) is 3. The molecule has 0 unspecified atom stereocenters. The summed E-state index contributed by atoms with van der Waals surface area (Å²) >= 11 is 0. The van der Waals surface area contributed by atoms with Crippen molar-refractivity contribution in [2.24, 2.45) is 18.9 Å². The Kier molecular flexibility index (Phi) is 3.18. The third-order valence-electron chi connectivity index (χ3n) is 5.38. The van der Waals surface area contributed by atoms with E-state index in [9.17, 15) is 9.59 Å². The number of amides is 2. The second-order valence-electron chi connectivity index (χ2n) is 6.80. The van der Waals surface area contributed by atoms with Gasteiger partial charge in [-0.25, -0.2) is 0 Å². The molecular formula is C18H21N3O2. The van der Waals surface area contributed by atoms with Crippen LogP contribution in [0.5, 0.6) is 0 Å². The van der Waals surface area contributed by atoms with Crippen molar-refractivity contribution in [2.45, 2.75) is 6.42 Å². The SMILES string of the molecule is CN1CC[C@@H]2CN(C(=O)c3cn(C)c4ccccc34)C[C@@H]2C1=O. The molecule has 0 N–H and O–H groups in total. The Labute approximate surface area is 135 Å². The van der Waals surface area contributed by atoms with E-state index in [1.807, 2.05) is 54.0 Å². The van der Waals surface area contributed by atoms with Crippen molar-refractivity contribution in [1.29, 1.82) is 0 Å². The Bertz CT molecular complexity index is 795. The number of carbonyl (C=O) groups excluding carboxylic acids is 2. The molecule has 1 aromatic carbocycles. The predicted octanol–water partition coefficient (Wildman–Crippen LogP) is 1.73. The number of aromatic nitrogens is 1. The highest BCUT2D eigenvalue weighted by molar-refractivity contribution is 6.07. The maximum atomic E-state index is 13.0. The minimum Gasteiger partial charge on any atom is -0.350 e. The Balaban J connectivity index is 1.64. The molecule has 0 saturated carbocycles. The fraction of sp³-hybridized carbons (Fsp3) is 0.444. The first kappa shape index (κ1) is 14.3. The number of likely N-dealkylation sites (tertiary alicyclic amines) is 2. The normalized spacial score (nSPS) is 24.3. The van der Waals surface area contributed by atoms with Crippen LogP contribution in [0.3, 0.4) is 0 Å². The molecule has 2 amide bonds. The van der Waals surface area contributed by atoms with E-state index in [-0.39, 0.29) is 17.7 Å². The highest BCUT2D eigenvalue weighted by Crippen LogP contribution is 2.33. The van der Waals surface area contributed by atoms with Crippen LogP contribution in [0.25, 0.3) is 10.9 Å². The number of rotatable bonds is 1. The van der Waals surface area contributed by atoms with Gasteiger partial charge < -0.3 is 14.4 Å². The van der Waals surface area contributed by atoms with Gasteiger partial charge >= 0.3 is 0 Å². The molecule has 0 bridgehead atoms. The second kappa shape index (κ2) is 5.11. The minimum absolute atomic E-state index is 0.0207. The zero-order valence-electron chi connectivity index (χ0n) is 13.5. The standard InChI is InChI=1S/C18H21N3O2/c1-19-8-7-12-9-21(11-14(12)17(19)22)18(23)15-10-20(2)16-6-4-3-5-13(15)16/h3-6,10,12,14H,7-9,11H2,1-2H3/t12-,14+/m1/s1. The molecule has 0 radical (unpaired) electrons. The molecule has 3 heterocycles. The van der Waals surface area contributed by atoms with Crippen molar-refractivity contribution in [3.05, 3.63) is 36.0 Å². The van der Waals surface area contributed by atoms with Gasteiger partial charge in [-0.3, -0.25) is 9.59 Å². The summed E-state index contributed by atoms with van der Waals surface area (Å²) in [5, 5.41) is 0.985. The molecule has 2 saturated heterocycles. The van der Waals surface area contributed by atoms with Gasteiger partial charge in [-0.2, -0.15) is 0 Å². The highest BCUT2D eigenvalue weighted by atomic mass is 16.2. The molecule has 0 aliphatic carbocycles. The first-order chi connectivity index (χ1) is 11.1. The van der Waals surface area contributed by atoms with Gasteiger partial charge in [-0.15, -0.1) is 0 Å². The van der Waals surface area contributed by atoms with Crippen LogP contribution in [0, 0.1) is 11.8 Å². The first-order valence-electron chi connectivity index (χ1n) is 8.14. The Morgan fingerprint density at radius 2 is 1.96 bits per heavy atom. The van der Waals surface area contributed by atoms with Gasteiger partial charge in [0.05, 0.1) is 11.5 Å². The zero-order chi connectivity index (χ0) is 16.1. The molecule has 2 aliphatic rings. The molecule has 4 rings (SSSR count). The Morgan fingerprint density at radius 3 is 2.78 bits per heavy atom. The van der Waals surface area contributed by atoms with Crippen LogP contribution in [0.1, 0.15) is 16.8 Å². The predicted molar refractivity (Wildman–Crippen MR) is 88.1 cm³/mol.